The van der Waals surface area contributed by atoms with Crippen molar-refractivity contribution in [2.45, 2.75) is 18.9 Å². The van der Waals surface area contributed by atoms with Crippen LogP contribution in [0.5, 0.6) is 0 Å². The fraction of sp³-hybridized carbons (Fsp3) is 0.727. The lowest BCUT2D eigenvalue weighted by molar-refractivity contribution is -0.162. The lowest BCUT2D eigenvalue weighted by atomic mass is 10.0. The summed E-state index contributed by atoms with van der Waals surface area (Å²) in [6.07, 6.45) is 1.32. The van der Waals surface area contributed by atoms with Gasteiger partial charge in [-0.2, -0.15) is 0 Å². The molecule has 2 N–H and O–H groups in total. The summed E-state index contributed by atoms with van der Waals surface area (Å²) in [5.74, 6) is -0.643. The van der Waals surface area contributed by atoms with Crippen molar-refractivity contribution in [2.24, 2.45) is 11.1 Å². The Morgan fingerprint density at radius 3 is 2.67 bits per heavy atom. The fourth-order valence-electron chi connectivity index (χ4n) is 2.14. The van der Waals surface area contributed by atoms with E-state index < -0.39 is 17.4 Å². The molecule has 0 bridgehead atoms. The molecular weight excluding hydrogens is 256 g/mol. The topological polar surface area (TPSA) is 81.9 Å². The molecule has 1 amide bonds. The Bertz CT molecular complexity index is 395. The van der Waals surface area contributed by atoms with Gasteiger partial charge in [0, 0.05) is 6.54 Å². The zero-order valence-corrected chi connectivity index (χ0v) is 11.0. The lowest BCUT2D eigenvalue weighted by Gasteiger charge is -2.35. The van der Waals surface area contributed by atoms with Gasteiger partial charge in [-0.15, -0.1) is 0 Å². The van der Waals surface area contributed by atoms with E-state index in [1.54, 1.807) is 0 Å². The van der Waals surface area contributed by atoms with Gasteiger partial charge >= 0.3 is 5.97 Å². The van der Waals surface area contributed by atoms with Crippen LogP contribution in [0.3, 0.4) is 0 Å². The maximum atomic E-state index is 12.4. The molecule has 0 aromatic heterocycles. The predicted octanol–water partition coefficient (Wildman–Crippen LogP) is -0.547. The number of methoxy groups -OCH3 is 1. The Kier molecular flexibility index (Phi) is 3.54. The number of thiocarbonyl (C=S) groups is 1. The van der Waals surface area contributed by atoms with Crippen molar-refractivity contribution in [2.75, 3.05) is 26.9 Å². The highest BCUT2D eigenvalue weighted by atomic mass is 32.1. The van der Waals surface area contributed by atoms with Gasteiger partial charge in [0.25, 0.3) is 0 Å². The lowest BCUT2D eigenvalue weighted by Crippen LogP contribution is -2.56. The zero-order chi connectivity index (χ0) is 13.3. The van der Waals surface area contributed by atoms with Crippen LogP contribution < -0.4 is 5.73 Å². The van der Waals surface area contributed by atoms with Gasteiger partial charge in [-0.3, -0.25) is 4.79 Å². The number of esters is 1. The van der Waals surface area contributed by atoms with Crippen molar-refractivity contribution in [1.82, 2.24) is 4.90 Å². The average molecular weight is 272 g/mol. The first-order valence-corrected chi connectivity index (χ1v) is 6.20. The molecule has 0 radical (unpaired) electrons. The van der Waals surface area contributed by atoms with Crippen molar-refractivity contribution in [1.29, 1.82) is 0 Å². The van der Waals surface area contributed by atoms with E-state index >= 15 is 0 Å². The Hall–Kier alpha value is -1.21. The molecule has 1 aliphatic carbocycles. The van der Waals surface area contributed by atoms with Crippen molar-refractivity contribution < 1.29 is 19.1 Å². The Balaban J connectivity index is 2.17. The Morgan fingerprint density at radius 2 is 2.17 bits per heavy atom. The third-order valence-electron chi connectivity index (χ3n) is 3.49. The number of carbonyl (C=O) groups is 2. The van der Waals surface area contributed by atoms with E-state index in [2.05, 4.69) is 4.74 Å². The van der Waals surface area contributed by atoms with Gasteiger partial charge in [0.15, 0.2) is 6.04 Å². The molecule has 2 rings (SSSR count). The number of carbonyl (C=O) groups excluding carboxylic acids is 2. The first-order valence-electron chi connectivity index (χ1n) is 5.79. The number of nitrogens with zero attached hydrogens (tertiary/aromatic N) is 1. The molecule has 1 saturated heterocycles. The molecule has 18 heavy (non-hydrogen) atoms. The smallest absolute Gasteiger partial charge is 0.331 e. The molecule has 0 aromatic carbocycles. The highest BCUT2D eigenvalue weighted by Gasteiger charge is 2.56. The molecule has 1 saturated carbocycles. The van der Waals surface area contributed by atoms with Crippen LogP contribution in [0.15, 0.2) is 0 Å². The molecule has 2 aliphatic rings. The third-order valence-corrected chi connectivity index (χ3v) is 3.88. The summed E-state index contributed by atoms with van der Waals surface area (Å²) >= 11 is 4.96. The van der Waals surface area contributed by atoms with Crippen LogP contribution >= 0.6 is 12.2 Å². The average Bonchev–Trinajstić information content (AvgIpc) is 3.18. The molecule has 0 spiro atoms. The van der Waals surface area contributed by atoms with E-state index in [0.717, 1.165) is 0 Å². The van der Waals surface area contributed by atoms with Crippen LogP contribution in [0, 0.1) is 5.41 Å². The first kappa shape index (κ1) is 13.2. The molecule has 7 heteroatoms. The maximum absolute atomic E-state index is 12.4. The molecule has 100 valence electrons. The van der Waals surface area contributed by atoms with Crippen molar-refractivity contribution in [3.8, 4) is 0 Å². The summed E-state index contributed by atoms with van der Waals surface area (Å²) in [6.45, 7) is 0.932. The number of amides is 1. The fourth-order valence-corrected chi connectivity index (χ4v) is 2.44. The normalized spacial score (nSPS) is 25.4. The quantitative estimate of drug-likeness (QED) is 0.548. The van der Waals surface area contributed by atoms with Crippen LogP contribution in [0.4, 0.5) is 0 Å². The highest BCUT2D eigenvalue weighted by molar-refractivity contribution is 7.80. The number of rotatable bonds is 3. The molecule has 6 nitrogen and oxygen atoms in total. The number of nitrogens with two attached hydrogens (primary N) is 1. The van der Waals surface area contributed by atoms with Crippen molar-refractivity contribution in [3.63, 3.8) is 0 Å². The Labute approximate surface area is 110 Å². The van der Waals surface area contributed by atoms with E-state index in [1.807, 2.05) is 0 Å². The number of ether oxygens (including phenoxy) is 2. The van der Waals surface area contributed by atoms with Gasteiger partial charge in [0.2, 0.25) is 5.91 Å². The molecule has 1 unspecified atom stereocenters. The second-order valence-electron chi connectivity index (χ2n) is 4.56. The SMILES string of the molecule is COC(=O)C1COCCN1C(=O)C1(C(N)=S)CC1. The van der Waals surface area contributed by atoms with Gasteiger partial charge in [0.1, 0.15) is 0 Å². The van der Waals surface area contributed by atoms with Gasteiger partial charge in [-0.05, 0) is 12.8 Å². The Morgan fingerprint density at radius 1 is 1.50 bits per heavy atom. The van der Waals surface area contributed by atoms with Crippen LogP contribution in [0.2, 0.25) is 0 Å². The summed E-state index contributed by atoms with van der Waals surface area (Å²) in [4.78, 5) is 25.8. The molecule has 1 aliphatic heterocycles. The van der Waals surface area contributed by atoms with Gasteiger partial charge in [-0.1, -0.05) is 12.2 Å². The summed E-state index contributed by atoms with van der Waals surface area (Å²) in [5.41, 5.74) is 4.89. The zero-order valence-electron chi connectivity index (χ0n) is 10.2. The van der Waals surface area contributed by atoms with Crippen molar-refractivity contribution in [3.05, 3.63) is 0 Å². The molecule has 1 atom stereocenters. The van der Waals surface area contributed by atoms with Gasteiger partial charge in [0.05, 0.1) is 30.7 Å². The molecular formula is C11H16N2O4S. The van der Waals surface area contributed by atoms with E-state index in [-0.39, 0.29) is 17.5 Å². The standard InChI is InChI=1S/C11H16N2O4S/c1-16-8(14)7-6-17-5-4-13(7)10(15)11(2-3-11)9(12)18/h7H,2-6H2,1H3,(H2,12,18). The highest BCUT2D eigenvalue weighted by Crippen LogP contribution is 2.48. The molecule has 2 fully saturated rings. The van der Waals surface area contributed by atoms with Crippen molar-refractivity contribution >= 4 is 29.1 Å². The first-order chi connectivity index (χ1) is 8.53. The molecule has 1 heterocycles. The third kappa shape index (κ3) is 2.08. The molecule has 0 aromatic rings. The maximum Gasteiger partial charge on any atom is 0.331 e. The second kappa shape index (κ2) is 4.81. The van der Waals surface area contributed by atoms with E-state index in [9.17, 15) is 9.59 Å². The van der Waals surface area contributed by atoms with Crippen LogP contribution in [-0.4, -0.2) is 54.7 Å². The minimum Gasteiger partial charge on any atom is -0.467 e. The van der Waals surface area contributed by atoms with Gasteiger partial charge < -0.3 is 20.1 Å². The van der Waals surface area contributed by atoms with E-state index in [0.29, 0.717) is 26.0 Å². The summed E-state index contributed by atoms with van der Waals surface area (Å²) in [5, 5.41) is 0. The summed E-state index contributed by atoms with van der Waals surface area (Å²) in [7, 11) is 1.29. The predicted molar refractivity (Wildman–Crippen MR) is 66.8 cm³/mol. The monoisotopic (exact) mass is 272 g/mol. The number of hydrogen-bond donors (Lipinski definition) is 1. The summed E-state index contributed by atoms with van der Waals surface area (Å²) < 4.78 is 9.91. The number of hydrogen-bond acceptors (Lipinski definition) is 5. The minimum atomic E-state index is -0.737. The largest absolute Gasteiger partial charge is 0.467 e. The minimum absolute atomic E-state index is 0.159. The van der Waals surface area contributed by atoms with Gasteiger partial charge in [-0.25, -0.2) is 4.79 Å². The van der Waals surface area contributed by atoms with E-state index in [1.165, 1.54) is 12.0 Å². The van der Waals surface area contributed by atoms with Crippen LogP contribution in [0.1, 0.15) is 12.8 Å². The number of morpholine rings is 1. The second-order valence-corrected chi connectivity index (χ2v) is 5.00. The summed E-state index contributed by atoms with van der Waals surface area (Å²) in [6, 6.07) is -0.692. The van der Waals surface area contributed by atoms with Crippen LogP contribution in [-0.2, 0) is 19.1 Å². The van der Waals surface area contributed by atoms with E-state index in [4.69, 9.17) is 22.7 Å². The van der Waals surface area contributed by atoms with Crippen LogP contribution in [0.25, 0.3) is 0 Å².